The van der Waals surface area contributed by atoms with Gasteiger partial charge in [0.1, 0.15) is 12.4 Å². The van der Waals surface area contributed by atoms with Gasteiger partial charge in [-0.05, 0) is 35.9 Å². The van der Waals surface area contributed by atoms with Crippen LogP contribution in [0.3, 0.4) is 0 Å². The number of benzene rings is 2. The van der Waals surface area contributed by atoms with E-state index in [1.807, 2.05) is 6.07 Å². The fourth-order valence-electron chi connectivity index (χ4n) is 1.76. The number of ketones is 1. The number of hydrogen-bond donors (Lipinski definition) is 0. The number of allylic oxidation sites excluding steroid dienone is 1. The second-order valence-electron chi connectivity index (χ2n) is 4.44. The Hall–Kier alpha value is -2.59. The Bertz CT molecular complexity index is 722. The molecule has 2 aromatic rings. The summed E-state index contributed by atoms with van der Waals surface area (Å²) in [6.07, 6.45) is 3.08. The molecule has 0 saturated carbocycles. The van der Waals surface area contributed by atoms with Gasteiger partial charge >= 0.3 is 0 Å². The van der Waals surface area contributed by atoms with Gasteiger partial charge in [-0.15, -0.1) is 0 Å². The van der Waals surface area contributed by atoms with Crippen molar-refractivity contribution in [3.8, 4) is 5.75 Å². The highest BCUT2D eigenvalue weighted by Gasteiger charge is 2.04. The third-order valence-electron chi connectivity index (χ3n) is 2.75. The second-order valence-corrected chi connectivity index (χ2v) is 4.88. The van der Waals surface area contributed by atoms with Gasteiger partial charge in [0.25, 0.3) is 0 Å². The highest BCUT2D eigenvalue weighted by Crippen LogP contribution is 2.16. The molecule has 2 aromatic carbocycles. The number of carboxylic acids is 1. The fraction of sp³-hybridized carbons (Fsp3) is 0.0588. The molecule has 0 aliphatic rings. The normalized spacial score (nSPS) is 10.6. The van der Waals surface area contributed by atoms with E-state index >= 15 is 0 Å². The largest absolute Gasteiger partial charge is 0.546 e. The van der Waals surface area contributed by atoms with E-state index in [1.54, 1.807) is 42.5 Å². The van der Waals surface area contributed by atoms with Gasteiger partial charge in [0.2, 0.25) is 0 Å². The van der Waals surface area contributed by atoms with Crippen molar-refractivity contribution in [2.24, 2.45) is 0 Å². The molecule has 0 unspecified atom stereocenters. The molecule has 0 saturated heterocycles. The van der Waals surface area contributed by atoms with Crippen LogP contribution < -0.4 is 9.84 Å². The summed E-state index contributed by atoms with van der Waals surface area (Å²) in [5, 5.41) is 10.9. The van der Waals surface area contributed by atoms with Crippen molar-refractivity contribution in [1.82, 2.24) is 0 Å². The van der Waals surface area contributed by atoms with Crippen LogP contribution in [-0.4, -0.2) is 18.4 Å². The summed E-state index contributed by atoms with van der Waals surface area (Å²) in [6.45, 7) is -0.560. The minimum atomic E-state index is -1.32. The molecule has 0 spiro atoms. The molecular weight excluding hydrogens is 304 g/mol. The van der Waals surface area contributed by atoms with Crippen LogP contribution in [0.5, 0.6) is 5.75 Å². The Morgan fingerprint density at radius 2 is 1.91 bits per heavy atom. The second kappa shape index (κ2) is 7.43. The molecule has 0 bridgehead atoms. The predicted octanol–water partition coefficient (Wildman–Crippen LogP) is 2.36. The molecule has 0 amide bonds. The Labute approximate surface area is 132 Å². The average molecular weight is 316 g/mol. The van der Waals surface area contributed by atoms with Crippen LogP contribution in [-0.2, 0) is 4.79 Å². The third-order valence-corrected chi connectivity index (χ3v) is 2.99. The highest BCUT2D eigenvalue weighted by molar-refractivity contribution is 6.30. The van der Waals surface area contributed by atoms with E-state index < -0.39 is 12.6 Å². The number of ether oxygens (including phenoxy) is 1. The van der Waals surface area contributed by atoms with Gasteiger partial charge in [-0.3, -0.25) is 4.79 Å². The van der Waals surface area contributed by atoms with Gasteiger partial charge in [-0.2, -0.15) is 0 Å². The van der Waals surface area contributed by atoms with Gasteiger partial charge in [-0.1, -0.05) is 41.9 Å². The quantitative estimate of drug-likeness (QED) is 0.606. The Balaban J connectivity index is 2.09. The predicted molar refractivity (Wildman–Crippen MR) is 81.8 cm³/mol. The molecule has 0 heterocycles. The molecule has 0 aliphatic heterocycles. The molecule has 0 atom stereocenters. The molecule has 0 N–H and O–H groups in total. The summed E-state index contributed by atoms with van der Waals surface area (Å²) in [6, 6.07) is 13.4. The monoisotopic (exact) mass is 315 g/mol. The van der Waals surface area contributed by atoms with Crippen molar-refractivity contribution in [3.05, 3.63) is 70.8 Å². The Morgan fingerprint density at radius 3 is 2.64 bits per heavy atom. The number of hydrogen-bond acceptors (Lipinski definition) is 4. The maximum absolute atomic E-state index is 12.1. The van der Waals surface area contributed by atoms with E-state index in [1.165, 1.54) is 12.1 Å². The smallest absolute Gasteiger partial charge is 0.185 e. The molecule has 5 heteroatoms. The molecule has 0 radical (unpaired) electrons. The molecule has 112 valence electrons. The van der Waals surface area contributed by atoms with Crippen molar-refractivity contribution in [2.75, 3.05) is 6.61 Å². The van der Waals surface area contributed by atoms with E-state index in [-0.39, 0.29) is 5.78 Å². The van der Waals surface area contributed by atoms with Crippen LogP contribution in [0.2, 0.25) is 5.02 Å². The minimum Gasteiger partial charge on any atom is -0.546 e. The topological polar surface area (TPSA) is 66.4 Å². The maximum Gasteiger partial charge on any atom is 0.185 e. The van der Waals surface area contributed by atoms with Crippen molar-refractivity contribution in [2.45, 2.75) is 0 Å². The summed E-state index contributed by atoms with van der Waals surface area (Å²) in [7, 11) is 0. The number of carbonyl (C=O) groups is 2. The van der Waals surface area contributed by atoms with Gasteiger partial charge < -0.3 is 14.6 Å². The van der Waals surface area contributed by atoms with E-state index in [0.29, 0.717) is 16.3 Å². The van der Waals surface area contributed by atoms with E-state index in [9.17, 15) is 14.7 Å². The summed E-state index contributed by atoms with van der Waals surface area (Å²) in [5.74, 6) is -1.25. The van der Waals surface area contributed by atoms with Crippen LogP contribution in [0.15, 0.2) is 54.6 Å². The van der Waals surface area contributed by atoms with Gasteiger partial charge in [0, 0.05) is 10.6 Å². The standard InChI is InChI=1S/C17H13ClO4/c18-14-5-1-3-12(9-14)7-8-16(19)13-4-2-6-15(10-13)22-11-17(20)21/h1-10H,11H2,(H,20,21)/p-1/b8-7+. The summed E-state index contributed by atoms with van der Waals surface area (Å²) >= 11 is 5.87. The van der Waals surface area contributed by atoms with Gasteiger partial charge in [0.05, 0.1) is 5.97 Å². The lowest BCUT2D eigenvalue weighted by molar-refractivity contribution is -0.307. The first-order valence-corrected chi connectivity index (χ1v) is 6.83. The third kappa shape index (κ3) is 4.75. The van der Waals surface area contributed by atoms with Crippen molar-refractivity contribution in [3.63, 3.8) is 0 Å². The molecule has 0 aromatic heterocycles. The van der Waals surface area contributed by atoms with Crippen LogP contribution >= 0.6 is 11.6 Å². The fourth-order valence-corrected chi connectivity index (χ4v) is 1.96. The molecule has 2 rings (SSSR count). The highest BCUT2D eigenvalue weighted by atomic mass is 35.5. The van der Waals surface area contributed by atoms with E-state index in [4.69, 9.17) is 16.3 Å². The maximum atomic E-state index is 12.1. The summed E-state index contributed by atoms with van der Waals surface area (Å²) in [5.41, 5.74) is 1.21. The molecular formula is C17H12ClO4-. The minimum absolute atomic E-state index is 0.223. The van der Waals surface area contributed by atoms with Crippen LogP contribution in [0.25, 0.3) is 6.08 Å². The molecule has 0 aliphatic carbocycles. The molecule has 22 heavy (non-hydrogen) atoms. The zero-order chi connectivity index (χ0) is 15.9. The average Bonchev–Trinajstić information content (AvgIpc) is 2.51. The lowest BCUT2D eigenvalue weighted by Gasteiger charge is -2.07. The number of carboxylic acid groups (broad SMARTS) is 1. The van der Waals surface area contributed by atoms with Crippen LogP contribution in [0, 0.1) is 0 Å². The zero-order valence-corrected chi connectivity index (χ0v) is 12.2. The first kappa shape index (κ1) is 15.8. The first-order chi connectivity index (χ1) is 10.5. The summed E-state index contributed by atoms with van der Waals surface area (Å²) in [4.78, 5) is 22.4. The van der Waals surface area contributed by atoms with Crippen molar-refractivity contribution in [1.29, 1.82) is 0 Å². The van der Waals surface area contributed by atoms with E-state index in [2.05, 4.69) is 0 Å². The zero-order valence-electron chi connectivity index (χ0n) is 11.5. The molecule has 0 fully saturated rings. The van der Waals surface area contributed by atoms with Crippen LogP contribution in [0.4, 0.5) is 0 Å². The van der Waals surface area contributed by atoms with Gasteiger partial charge in [-0.25, -0.2) is 0 Å². The number of aliphatic carboxylic acids is 1. The first-order valence-electron chi connectivity index (χ1n) is 6.45. The Kier molecular flexibility index (Phi) is 5.33. The number of halogens is 1. The lowest BCUT2D eigenvalue weighted by Crippen LogP contribution is -2.28. The van der Waals surface area contributed by atoms with Crippen molar-refractivity contribution >= 4 is 29.4 Å². The summed E-state index contributed by atoms with van der Waals surface area (Å²) < 4.78 is 4.98. The van der Waals surface area contributed by atoms with Gasteiger partial charge in [0.15, 0.2) is 5.78 Å². The van der Waals surface area contributed by atoms with E-state index in [0.717, 1.165) is 5.56 Å². The number of rotatable bonds is 6. The van der Waals surface area contributed by atoms with Crippen LogP contribution in [0.1, 0.15) is 15.9 Å². The lowest BCUT2D eigenvalue weighted by atomic mass is 10.1. The SMILES string of the molecule is O=C([O-])COc1cccc(C(=O)/C=C/c2cccc(Cl)c2)c1. The Morgan fingerprint density at radius 1 is 1.14 bits per heavy atom. The number of carbonyl (C=O) groups excluding carboxylic acids is 2. The molecule has 4 nitrogen and oxygen atoms in total. The van der Waals surface area contributed by atoms with Crippen molar-refractivity contribution < 1.29 is 19.4 Å².